The van der Waals surface area contributed by atoms with Crippen LogP contribution in [0.15, 0.2) is 70.1 Å². The highest BCUT2D eigenvalue weighted by atomic mass is 32.2. The van der Waals surface area contributed by atoms with E-state index in [4.69, 9.17) is 4.74 Å². The fraction of sp³-hybridized carbons (Fsp3) is 0.308. The number of methoxy groups -OCH3 is 1. The molecular weight excluding hydrogens is 450 g/mol. The number of fused-ring (bicyclic) bond motifs is 1. The average Bonchev–Trinajstić information content (AvgIpc) is 2.87. The highest BCUT2D eigenvalue weighted by molar-refractivity contribution is 7.99. The van der Waals surface area contributed by atoms with Gasteiger partial charge in [-0.25, -0.2) is 4.98 Å². The van der Waals surface area contributed by atoms with Gasteiger partial charge in [0, 0.05) is 12.1 Å². The van der Waals surface area contributed by atoms with Gasteiger partial charge in [0.2, 0.25) is 5.91 Å². The van der Waals surface area contributed by atoms with Crippen molar-refractivity contribution in [2.45, 2.75) is 43.8 Å². The zero-order chi connectivity index (χ0) is 23.9. The first kappa shape index (κ1) is 23.8. The van der Waals surface area contributed by atoms with E-state index in [9.17, 15) is 14.4 Å². The van der Waals surface area contributed by atoms with E-state index in [1.165, 1.54) is 18.4 Å². The van der Waals surface area contributed by atoms with Gasteiger partial charge in [-0.2, -0.15) is 0 Å². The number of benzene rings is 2. The fourth-order valence-corrected chi connectivity index (χ4v) is 4.77. The maximum absolute atomic E-state index is 13.2. The van der Waals surface area contributed by atoms with Crippen molar-refractivity contribution >= 4 is 34.5 Å². The van der Waals surface area contributed by atoms with Gasteiger partial charge >= 0.3 is 0 Å². The highest BCUT2D eigenvalue weighted by Crippen LogP contribution is 2.23. The van der Waals surface area contributed by atoms with Crippen LogP contribution < -0.4 is 15.6 Å². The van der Waals surface area contributed by atoms with Gasteiger partial charge in [0.05, 0.1) is 23.8 Å². The lowest BCUT2D eigenvalue weighted by molar-refractivity contribution is -0.117. The van der Waals surface area contributed by atoms with E-state index in [1.807, 2.05) is 12.1 Å². The summed E-state index contributed by atoms with van der Waals surface area (Å²) in [5, 5.41) is 3.43. The molecule has 0 saturated carbocycles. The number of aromatic nitrogens is 2. The molecule has 2 amide bonds. The average molecular weight is 478 g/mol. The van der Waals surface area contributed by atoms with Crippen LogP contribution in [-0.4, -0.2) is 34.2 Å². The Labute approximate surface area is 202 Å². The number of amides is 2. The number of ether oxygens (including phenoxy) is 1. The number of thioether (sulfide) groups is 1. The normalized spacial score (nSPS) is 13.4. The van der Waals surface area contributed by atoms with Crippen molar-refractivity contribution in [2.75, 3.05) is 12.9 Å². The van der Waals surface area contributed by atoms with Gasteiger partial charge < -0.3 is 4.74 Å². The standard InChI is InChI=1S/C26H27N3O4S/c1-33-20-13-11-19(12-14-20)24(31)28-23(30)17-34-26-27-22-10-6-5-9-21(22)25(32)29(26)16-15-18-7-3-2-4-8-18/h5-7,9-14H,2-4,8,15-17H2,1H3,(H,28,30,31). The van der Waals surface area contributed by atoms with E-state index in [1.54, 1.807) is 48.1 Å². The summed E-state index contributed by atoms with van der Waals surface area (Å²) < 4.78 is 6.74. The minimum Gasteiger partial charge on any atom is -0.497 e. The molecule has 4 rings (SSSR count). The monoisotopic (exact) mass is 477 g/mol. The zero-order valence-corrected chi connectivity index (χ0v) is 19.9. The number of allylic oxidation sites excluding steroid dienone is 2. The SMILES string of the molecule is COc1ccc(C(=O)NC(=O)CSc2nc3ccccc3c(=O)n2CCC2=CCCCC2)cc1. The Kier molecular flexibility index (Phi) is 7.80. The maximum atomic E-state index is 13.2. The Hall–Kier alpha value is -3.39. The molecule has 0 radical (unpaired) electrons. The van der Waals surface area contributed by atoms with Crippen LogP contribution in [0.5, 0.6) is 5.75 Å². The summed E-state index contributed by atoms with van der Waals surface area (Å²) in [6.07, 6.45) is 7.61. The Morgan fingerprint density at radius 3 is 2.65 bits per heavy atom. The van der Waals surface area contributed by atoms with E-state index >= 15 is 0 Å². The molecule has 1 N–H and O–H groups in total. The molecule has 1 aliphatic rings. The van der Waals surface area contributed by atoms with Gasteiger partial charge in [-0.05, 0) is 68.5 Å². The summed E-state index contributed by atoms with van der Waals surface area (Å²) in [6.45, 7) is 0.511. The number of carbonyl (C=O) groups is 2. The van der Waals surface area contributed by atoms with Crippen molar-refractivity contribution in [1.29, 1.82) is 0 Å². The molecule has 0 unspecified atom stereocenters. The largest absolute Gasteiger partial charge is 0.497 e. The second-order valence-corrected chi connectivity index (χ2v) is 9.06. The minimum absolute atomic E-state index is 0.0324. The van der Waals surface area contributed by atoms with Crippen molar-refractivity contribution in [1.82, 2.24) is 14.9 Å². The number of para-hydroxylation sites is 1. The minimum atomic E-state index is -0.485. The first-order valence-electron chi connectivity index (χ1n) is 11.3. The first-order valence-corrected chi connectivity index (χ1v) is 12.3. The fourth-order valence-electron chi connectivity index (χ4n) is 3.95. The lowest BCUT2D eigenvalue weighted by Gasteiger charge is -2.16. The maximum Gasteiger partial charge on any atom is 0.262 e. The molecule has 1 heterocycles. The summed E-state index contributed by atoms with van der Waals surface area (Å²) in [5.41, 5.74) is 2.21. The third-order valence-corrected chi connectivity index (χ3v) is 6.78. The van der Waals surface area contributed by atoms with Crippen LogP contribution in [0.1, 0.15) is 42.5 Å². The molecule has 8 heteroatoms. The van der Waals surface area contributed by atoms with E-state index in [0.29, 0.717) is 33.9 Å². The summed E-state index contributed by atoms with van der Waals surface area (Å²) in [4.78, 5) is 42.7. The van der Waals surface area contributed by atoms with Crippen molar-refractivity contribution in [3.63, 3.8) is 0 Å². The number of carbonyl (C=O) groups excluding carboxylic acids is 2. The Bertz CT molecular complexity index is 1280. The predicted molar refractivity (Wildman–Crippen MR) is 133 cm³/mol. The third kappa shape index (κ3) is 5.75. The van der Waals surface area contributed by atoms with E-state index in [-0.39, 0.29) is 11.3 Å². The summed E-state index contributed by atoms with van der Waals surface area (Å²) in [5.74, 6) is -0.339. The number of hydrogen-bond acceptors (Lipinski definition) is 6. The molecule has 1 aliphatic carbocycles. The molecule has 0 atom stereocenters. The second-order valence-electron chi connectivity index (χ2n) is 8.12. The molecule has 7 nitrogen and oxygen atoms in total. The molecule has 176 valence electrons. The van der Waals surface area contributed by atoms with E-state index in [2.05, 4.69) is 16.4 Å². The number of hydrogen-bond donors (Lipinski definition) is 1. The zero-order valence-electron chi connectivity index (χ0n) is 19.1. The summed E-state index contributed by atoms with van der Waals surface area (Å²) in [7, 11) is 1.54. The van der Waals surface area contributed by atoms with Crippen molar-refractivity contribution in [3.05, 3.63) is 76.1 Å². The molecule has 0 fully saturated rings. The van der Waals surface area contributed by atoms with Crippen LogP contribution in [0.3, 0.4) is 0 Å². The quantitative estimate of drug-likeness (QED) is 0.295. The molecule has 0 spiro atoms. The predicted octanol–water partition coefficient (Wildman–Crippen LogP) is 4.34. The van der Waals surface area contributed by atoms with E-state index in [0.717, 1.165) is 31.0 Å². The summed E-state index contributed by atoms with van der Waals surface area (Å²) >= 11 is 1.16. The van der Waals surface area contributed by atoms with Gasteiger partial charge in [-0.15, -0.1) is 0 Å². The second kappa shape index (κ2) is 11.2. The van der Waals surface area contributed by atoms with Crippen LogP contribution in [0.4, 0.5) is 0 Å². The van der Waals surface area contributed by atoms with Crippen LogP contribution >= 0.6 is 11.8 Å². The van der Waals surface area contributed by atoms with Gasteiger partial charge in [-0.1, -0.05) is 35.5 Å². The van der Waals surface area contributed by atoms with Crippen molar-refractivity contribution in [2.24, 2.45) is 0 Å². The highest BCUT2D eigenvalue weighted by Gasteiger charge is 2.16. The third-order valence-electron chi connectivity index (χ3n) is 5.81. The molecule has 0 saturated heterocycles. The van der Waals surface area contributed by atoms with E-state index < -0.39 is 11.8 Å². The summed E-state index contributed by atoms with van der Waals surface area (Å²) in [6, 6.07) is 13.7. The topological polar surface area (TPSA) is 90.3 Å². The lowest BCUT2D eigenvalue weighted by Crippen LogP contribution is -2.32. The van der Waals surface area contributed by atoms with Gasteiger partial charge in [0.25, 0.3) is 11.5 Å². The van der Waals surface area contributed by atoms with Gasteiger partial charge in [0.1, 0.15) is 5.75 Å². The Morgan fingerprint density at radius 1 is 1.12 bits per heavy atom. The number of rotatable bonds is 8. The number of imide groups is 1. The molecule has 2 aromatic carbocycles. The van der Waals surface area contributed by atoms with Crippen LogP contribution in [0.25, 0.3) is 10.9 Å². The Morgan fingerprint density at radius 2 is 1.91 bits per heavy atom. The molecule has 3 aromatic rings. The number of nitrogens with zero attached hydrogens (tertiary/aromatic N) is 2. The van der Waals surface area contributed by atoms with Crippen molar-refractivity contribution in [3.8, 4) is 5.75 Å². The van der Waals surface area contributed by atoms with Crippen LogP contribution in [0.2, 0.25) is 0 Å². The smallest absolute Gasteiger partial charge is 0.262 e. The Balaban J connectivity index is 1.48. The van der Waals surface area contributed by atoms with Crippen molar-refractivity contribution < 1.29 is 14.3 Å². The molecular formula is C26H27N3O4S. The lowest BCUT2D eigenvalue weighted by atomic mass is 9.97. The van der Waals surface area contributed by atoms with Gasteiger partial charge in [0.15, 0.2) is 5.16 Å². The number of nitrogens with one attached hydrogen (secondary N) is 1. The molecule has 0 bridgehead atoms. The van der Waals surface area contributed by atoms with Gasteiger partial charge in [-0.3, -0.25) is 24.3 Å². The molecule has 1 aromatic heterocycles. The van der Waals surface area contributed by atoms with Crippen LogP contribution in [-0.2, 0) is 11.3 Å². The molecule has 0 aliphatic heterocycles. The first-order chi connectivity index (χ1) is 16.5. The van der Waals surface area contributed by atoms with Crippen LogP contribution in [0, 0.1) is 0 Å². The molecule has 34 heavy (non-hydrogen) atoms.